The maximum atomic E-state index is 13.9. The molecular formula is C20H23FIN3O2. The van der Waals surface area contributed by atoms with Gasteiger partial charge in [0.2, 0.25) is 0 Å². The normalized spacial score (nSPS) is 20.9. The standard InChI is InChI=1S/C20H22FN3O2.HI/c1-22-20(24-17-12-15(17)14-5-2-3-6-16(14)21)23-13-7-8-18-19(11-13)26-10-4-9-25-18;/h2-3,5-8,11,15,17H,4,9-10,12H2,1H3,(H2,22,23,24);1H. The Balaban J connectivity index is 0.00000210. The number of nitrogens with zero attached hydrogens (tertiary/aromatic N) is 1. The molecule has 2 unspecified atom stereocenters. The quantitative estimate of drug-likeness (QED) is 0.392. The molecule has 1 heterocycles. The van der Waals surface area contributed by atoms with Gasteiger partial charge < -0.3 is 20.1 Å². The maximum Gasteiger partial charge on any atom is 0.195 e. The van der Waals surface area contributed by atoms with Gasteiger partial charge in [0.05, 0.1) is 13.2 Å². The summed E-state index contributed by atoms with van der Waals surface area (Å²) < 4.78 is 25.3. The minimum absolute atomic E-state index is 0. The van der Waals surface area contributed by atoms with Crippen molar-refractivity contribution in [2.24, 2.45) is 4.99 Å². The third-order valence-corrected chi connectivity index (χ3v) is 4.65. The van der Waals surface area contributed by atoms with Crippen LogP contribution in [0, 0.1) is 5.82 Å². The summed E-state index contributed by atoms with van der Waals surface area (Å²) in [4.78, 5) is 4.27. The van der Waals surface area contributed by atoms with E-state index in [1.165, 1.54) is 6.07 Å². The van der Waals surface area contributed by atoms with Crippen molar-refractivity contribution in [2.45, 2.75) is 24.8 Å². The van der Waals surface area contributed by atoms with Crippen molar-refractivity contribution in [1.82, 2.24) is 5.32 Å². The van der Waals surface area contributed by atoms with Crippen molar-refractivity contribution < 1.29 is 13.9 Å². The topological polar surface area (TPSA) is 54.9 Å². The lowest BCUT2D eigenvalue weighted by atomic mass is 10.1. The van der Waals surface area contributed by atoms with Gasteiger partial charge in [-0.2, -0.15) is 0 Å². The Morgan fingerprint density at radius 2 is 1.89 bits per heavy atom. The van der Waals surface area contributed by atoms with Crippen LogP contribution in [-0.4, -0.2) is 32.3 Å². The lowest BCUT2D eigenvalue weighted by Gasteiger charge is -2.14. The number of anilines is 1. The summed E-state index contributed by atoms with van der Waals surface area (Å²) >= 11 is 0. The third kappa shape index (κ3) is 4.63. The zero-order chi connectivity index (χ0) is 17.9. The molecule has 0 bridgehead atoms. The van der Waals surface area contributed by atoms with Crippen LogP contribution in [0.25, 0.3) is 0 Å². The number of hydrogen-bond acceptors (Lipinski definition) is 3. The van der Waals surface area contributed by atoms with Crippen LogP contribution in [-0.2, 0) is 0 Å². The van der Waals surface area contributed by atoms with Crippen molar-refractivity contribution in [3.63, 3.8) is 0 Å². The van der Waals surface area contributed by atoms with E-state index in [4.69, 9.17) is 9.47 Å². The van der Waals surface area contributed by atoms with Crippen LogP contribution in [0.4, 0.5) is 10.1 Å². The maximum absolute atomic E-state index is 13.9. The van der Waals surface area contributed by atoms with Gasteiger partial charge in [0, 0.05) is 37.2 Å². The first-order chi connectivity index (χ1) is 12.7. The van der Waals surface area contributed by atoms with Crippen molar-refractivity contribution in [3.8, 4) is 11.5 Å². The minimum atomic E-state index is -0.146. The lowest BCUT2D eigenvalue weighted by Crippen LogP contribution is -2.33. The molecule has 0 aromatic heterocycles. The van der Waals surface area contributed by atoms with Gasteiger partial charge in [-0.25, -0.2) is 4.39 Å². The van der Waals surface area contributed by atoms with Gasteiger partial charge in [0.1, 0.15) is 5.82 Å². The summed E-state index contributed by atoms with van der Waals surface area (Å²) in [6.07, 6.45) is 1.77. The fourth-order valence-corrected chi connectivity index (χ4v) is 3.18. The van der Waals surface area contributed by atoms with Crippen molar-refractivity contribution in [2.75, 3.05) is 25.6 Å². The summed E-state index contributed by atoms with van der Waals surface area (Å²) in [5.74, 6) is 2.19. The molecule has 2 aromatic rings. The lowest BCUT2D eigenvalue weighted by molar-refractivity contribution is 0.297. The molecule has 5 nitrogen and oxygen atoms in total. The molecule has 1 aliphatic carbocycles. The van der Waals surface area contributed by atoms with Crippen LogP contribution in [0.5, 0.6) is 11.5 Å². The van der Waals surface area contributed by atoms with Crippen LogP contribution >= 0.6 is 24.0 Å². The highest BCUT2D eigenvalue weighted by molar-refractivity contribution is 14.0. The highest BCUT2D eigenvalue weighted by Gasteiger charge is 2.40. The van der Waals surface area contributed by atoms with Crippen molar-refractivity contribution >= 4 is 35.6 Å². The Morgan fingerprint density at radius 3 is 2.67 bits per heavy atom. The number of nitrogens with one attached hydrogen (secondary N) is 2. The van der Waals surface area contributed by atoms with Gasteiger partial charge in [-0.3, -0.25) is 4.99 Å². The van der Waals surface area contributed by atoms with E-state index in [1.54, 1.807) is 13.1 Å². The molecule has 0 saturated heterocycles. The van der Waals surface area contributed by atoms with E-state index in [2.05, 4.69) is 15.6 Å². The van der Waals surface area contributed by atoms with E-state index in [-0.39, 0.29) is 41.8 Å². The molecule has 1 aliphatic heterocycles. The highest BCUT2D eigenvalue weighted by Crippen LogP contribution is 2.42. The van der Waals surface area contributed by atoms with E-state index >= 15 is 0 Å². The number of benzene rings is 2. The monoisotopic (exact) mass is 483 g/mol. The molecule has 2 aromatic carbocycles. The first kappa shape index (κ1) is 19.7. The third-order valence-electron chi connectivity index (χ3n) is 4.65. The molecule has 2 atom stereocenters. The fourth-order valence-electron chi connectivity index (χ4n) is 3.18. The number of hydrogen-bond donors (Lipinski definition) is 2. The van der Waals surface area contributed by atoms with Crippen LogP contribution in [0.2, 0.25) is 0 Å². The Morgan fingerprint density at radius 1 is 1.11 bits per heavy atom. The predicted octanol–water partition coefficient (Wildman–Crippen LogP) is 4.15. The number of halogens is 2. The molecule has 2 N–H and O–H groups in total. The SMILES string of the molecule is CN=C(Nc1ccc2c(c1)OCCCO2)NC1CC1c1ccccc1F.I. The van der Waals surface area contributed by atoms with Crippen molar-refractivity contribution in [1.29, 1.82) is 0 Å². The van der Waals surface area contributed by atoms with Crippen LogP contribution < -0.4 is 20.1 Å². The Hall–Kier alpha value is -2.03. The second-order valence-electron chi connectivity index (χ2n) is 6.52. The minimum Gasteiger partial charge on any atom is -0.490 e. The fraction of sp³-hybridized carbons (Fsp3) is 0.350. The molecular weight excluding hydrogens is 460 g/mol. The zero-order valence-corrected chi connectivity index (χ0v) is 17.4. The Bertz CT molecular complexity index is 831. The summed E-state index contributed by atoms with van der Waals surface area (Å²) in [5.41, 5.74) is 1.63. The first-order valence-corrected chi connectivity index (χ1v) is 8.89. The van der Waals surface area contributed by atoms with E-state index < -0.39 is 0 Å². The summed E-state index contributed by atoms with van der Waals surface area (Å²) in [6.45, 7) is 1.32. The largest absolute Gasteiger partial charge is 0.490 e. The smallest absolute Gasteiger partial charge is 0.195 e. The molecule has 1 saturated carbocycles. The number of aliphatic imine (C=N–C) groups is 1. The average Bonchev–Trinajstić information content (AvgIpc) is 3.44. The van der Waals surface area contributed by atoms with E-state index in [0.29, 0.717) is 19.2 Å². The molecule has 2 aliphatic rings. The average molecular weight is 483 g/mol. The predicted molar refractivity (Wildman–Crippen MR) is 115 cm³/mol. The number of fused-ring (bicyclic) bond motifs is 1. The van der Waals surface area contributed by atoms with Crippen LogP contribution in [0.3, 0.4) is 0 Å². The number of guanidine groups is 1. The van der Waals surface area contributed by atoms with Gasteiger partial charge in [0.25, 0.3) is 0 Å². The molecule has 7 heteroatoms. The molecule has 0 amide bonds. The summed E-state index contributed by atoms with van der Waals surface area (Å²) in [6, 6.07) is 12.9. The van der Waals surface area contributed by atoms with Gasteiger partial charge in [-0.1, -0.05) is 18.2 Å². The Kier molecular flexibility index (Phi) is 6.41. The number of rotatable bonds is 3. The van der Waals surface area contributed by atoms with E-state index in [1.807, 2.05) is 30.3 Å². The molecule has 0 spiro atoms. The molecule has 27 heavy (non-hydrogen) atoms. The molecule has 0 radical (unpaired) electrons. The molecule has 144 valence electrons. The second-order valence-corrected chi connectivity index (χ2v) is 6.52. The van der Waals surface area contributed by atoms with Crippen LogP contribution in [0.1, 0.15) is 24.3 Å². The highest BCUT2D eigenvalue weighted by atomic mass is 127. The summed E-state index contributed by atoms with van der Waals surface area (Å²) in [5, 5.41) is 6.62. The Labute approximate surface area is 175 Å². The van der Waals surface area contributed by atoms with Crippen LogP contribution in [0.15, 0.2) is 47.5 Å². The van der Waals surface area contributed by atoms with Gasteiger partial charge in [-0.05, 0) is 30.2 Å². The van der Waals surface area contributed by atoms with E-state index in [0.717, 1.165) is 35.6 Å². The summed E-state index contributed by atoms with van der Waals surface area (Å²) in [7, 11) is 1.72. The van der Waals surface area contributed by atoms with Gasteiger partial charge >= 0.3 is 0 Å². The van der Waals surface area contributed by atoms with Gasteiger partial charge in [0.15, 0.2) is 17.5 Å². The number of ether oxygens (including phenoxy) is 2. The van der Waals surface area contributed by atoms with E-state index in [9.17, 15) is 4.39 Å². The van der Waals surface area contributed by atoms with Gasteiger partial charge in [-0.15, -0.1) is 24.0 Å². The van der Waals surface area contributed by atoms with Crippen molar-refractivity contribution in [3.05, 3.63) is 53.8 Å². The first-order valence-electron chi connectivity index (χ1n) is 8.89. The molecule has 1 fully saturated rings. The second kappa shape index (κ2) is 8.77. The molecule has 4 rings (SSSR count). The zero-order valence-electron chi connectivity index (χ0n) is 15.1.